The first-order chi connectivity index (χ1) is 12.7. The van der Waals surface area contributed by atoms with Crippen LogP contribution >= 0.6 is 0 Å². The van der Waals surface area contributed by atoms with Crippen LogP contribution in [0.1, 0.15) is 17.3 Å². The molecule has 2 aromatic rings. The number of carbonyl (C=O) groups is 2. The number of para-hydroxylation sites is 1. The van der Waals surface area contributed by atoms with E-state index in [1.165, 1.54) is 36.4 Å². The Hall–Kier alpha value is -2.94. The average molecular weight is 394 g/mol. The minimum absolute atomic E-state index is 0.0272. The van der Waals surface area contributed by atoms with Gasteiger partial charge < -0.3 is 10.1 Å². The Kier molecular flexibility index (Phi) is 6.51. The van der Waals surface area contributed by atoms with Crippen molar-refractivity contribution in [1.29, 1.82) is 0 Å². The van der Waals surface area contributed by atoms with Crippen molar-refractivity contribution in [2.45, 2.75) is 6.92 Å². The van der Waals surface area contributed by atoms with Gasteiger partial charge in [0, 0.05) is 5.69 Å². The van der Waals surface area contributed by atoms with Crippen LogP contribution in [0.4, 0.5) is 15.8 Å². The number of hydrogen-bond acceptors (Lipinski definition) is 5. The number of benzene rings is 2. The van der Waals surface area contributed by atoms with E-state index in [4.69, 9.17) is 4.74 Å². The molecule has 0 atom stereocenters. The third-order valence-electron chi connectivity index (χ3n) is 3.48. The van der Waals surface area contributed by atoms with Crippen molar-refractivity contribution in [3.05, 3.63) is 59.9 Å². The molecule has 27 heavy (non-hydrogen) atoms. The van der Waals surface area contributed by atoms with Crippen LogP contribution in [0, 0.1) is 5.82 Å². The van der Waals surface area contributed by atoms with Crippen molar-refractivity contribution in [1.82, 2.24) is 0 Å². The fourth-order valence-electron chi connectivity index (χ4n) is 2.32. The van der Waals surface area contributed by atoms with E-state index in [-0.39, 0.29) is 17.9 Å². The molecule has 7 nitrogen and oxygen atoms in total. The molecule has 0 unspecified atom stereocenters. The zero-order valence-electron chi connectivity index (χ0n) is 14.8. The lowest BCUT2D eigenvalue weighted by Gasteiger charge is -2.23. The van der Waals surface area contributed by atoms with Crippen LogP contribution in [-0.2, 0) is 19.6 Å². The summed E-state index contributed by atoms with van der Waals surface area (Å²) in [6.45, 7) is 1.19. The molecule has 0 saturated carbocycles. The van der Waals surface area contributed by atoms with Crippen molar-refractivity contribution in [2.75, 3.05) is 29.0 Å². The van der Waals surface area contributed by atoms with Crippen LogP contribution in [0.15, 0.2) is 48.5 Å². The highest BCUT2D eigenvalue weighted by Gasteiger charge is 2.25. The van der Waals surface area contributed by atoms with Crippen molar-refractivity contribution in [2.24, 2.45) is 0 Å². The number of nitrogens with zero attached hydrogens (tertiary/aromatic N) is 1. The van der Waals surface area contributed by atoms with Gasteiger partial charge in [-0.3, -0.25) is 9.10 Å². The summed E-state index contributed by atoms with van der Waals surface area (Å²) in [6, 6.07) is 11.0. The van der Waals surface area contributed by atoms with Crippen molar-refractivity contribution in [3.63, 3.8) is 0 Å². The van der Waals surface area contributed by atoms with Crippen LogP contribution in [0.5, 0.6) is 0 Å². The van der Waals surface area contributed by atoms with E-state index < -0.39 is 34.3 Å². The topological polar surface area (TPSA) is 92.8 Å². The maximum Gasteiger partial charge on any atom is 0.340 e. The molecule has 2 rings (SSSR count). The van der Waals surface area contributed by atoms with Crippen LogP contribution in [0.3, 0.4) is 0 Å². The summed E-state index contributed by atoms with van der Waals surface area (Å²) in [5.74, 6) is -1.81. The summed E-state index contributed by atoms with van der Waals surface area (Å²) >= 11 is 0. The number of anilines is 2. The molecule has 0 aliphatic carbocycles. The predicted octanol–water partition coefficient (Wildman–Crippen LogP) is 2.41. The number of nitrogens with one attached hydrogen (secondary N) is 1. The van der Waals surface area contributed by atoms with Gasteiger partial charge in [-0.05, 0) is 43.3 Å². The molecular formula is C18H19FN2O5S. The highest BCUT2D eigenvalue weighted by Crippen LogP contribution is 2.24. The molecule has 0 radical (unpaired) electrons. The third kappa shape index (κ3) is 5.52. The van der Waals surface area contributed by atoms with E-state index in [9.17, 15) is 22.4 Å². The molecule has 2 aromatic carbocycles. The second-order valence-corrected chi connectivity index (χ2v) is 7.47. The van der Waals surface area contributed by atoms with Gasteiger partial charge in [-0.15, -0.1) is 0 Å². The van der Waals surface area contributed by atoms with Gasteiger partial charge >= 0.3 is 5.97 Å². The molecule has 0 aliphatic rings. The molecule has 0 aliphatic heterocycles. The summed E-state index contributed by atoms with van der Waals surface area (Å²) in [5.41, 5.74) is 0.376. The minimum atomic E-state index is -3.88. The second-order valence-electron chi connectivity index (χ2n) is 5.56. The van der Waals surface area contributed by atoms with Gasteiger partial charge in [0.25, 0.3) is 0 Å². The lowest BCUT2D eigenvalue weighted by molar-refractivity contribution is -0.114. The molecule has 0 saturated heterocycles. The molecule has 0 spiro atoms. The average Bonchev–Trinajstić information content (AvgIpc) is 2.61. The Bertz CT molecular complexity index is 929. The van der Waals surface area contributed by atoms with Gasteiger partial charge in [0.1, 0.15) is 12.4 Å². The fraction of sp³-hybridized carbons (Fsp3) is 0.222. The molecular weight excluding hydrogens is 375 g/mol. The van der Waals surface area contributed by atoms with Gasteiger partial charge in [0.2, 0.25) is 15.9 Å². The fourth-order valence-corrected chi connectivity index (χ4v) is 3.19. The normalized spacial score (nSPS) is 10.9. The molecule has 0 heterocycles. The summed E-state index contributed by atoms with van der Waals surface area (Å²) < 4.78 is 43.2. The zero-order chi connectivity index (χ0) is 20.0. The number of amides is 1. The smallest absolute Gasteiger partial charge is 0.340 e. The van der Waals surface area contributed by atoms with Gasteiger partial charge in [-0.2, -0.15) is 0 Å². The van der Waals surface area contributed by atoms with Gasteiger partial charge in [-0.1, -0.05) is 12.1 Å². The largest absolute Gasteiger partial charge is 0.462 e. The van der Waals surface area contributed by atoms with E-state index in [1.807, 2.05) is 0 Å². The Morgan fingerprint density at radius 3 is 2.33 bits per heavy atom. The lowest BCUT2D eigenvalue weighted by atomic mass is 10.2. The minimum Gasteiger partial charge on any atom is -0.462 e. The summed E-state index contributed by atoms with van der Waals surface area (Å²) in [5, 5.41) is 2.49. The number of sulfonamides is 1. The van der Waals surface area contributed by atoms with Gasteiger partial charge in [0.15, 0.2) is 0 Å². The van der Waals surface area contributed by atoms with Crippen molar-refractivity contribution in [3.8, 4) is 0 Å². The first kappa shape index (κ1) is 20.4. The molecule has 1 amide bonds. The summed E-state index contributed by atoms with van der Waals surface area (Å²) in [7, 11) is -3.88. The Morgan fingerprint density at radius 1 is 1.11 bits per heavy atom. The van der Waals surface area contributed by atoms with Crippen LogP contribution in [0.25, 0.3) is 0 Å². The highest BCUT2D eigenvalue weighted by molar-refractivity contribution is 7.92. The number of ether oxygens (including phenoxy) is 1. The van der Waals surface area contributed by atoms with E-state index in [1.54, 1.807) is 19.1 Å². The molecule has 144 valence electrons. The SMILES string of the molecule is CCOC(=O)c1ccccc1N(CC(=O)Nc1ccc(F)cc1)S(C)(=O)=O. The van der Waals surface area contributed by atoms with E-state index in [0.717, 1.165) is 10.6 Å². The third-order valence-corrected chi connectivity index (χ3v) is 4.61. The maximum absolute atomic E-state index is 13.0. The standard InChI is InChI=1S/C18H19FN2O5S/c1-3-26-18(23)15-6-4-5-7-16(15)21(27(2,24)25)12-17(22)20-14-10-8-13(19)9-11-14/h4-11H,3,12H2,1-2H3,(H,20,22). The predicted molar refractivity (Wildman–Crippen MR) is 99.6 cm³/mol. The summed E-state index contributed by atoms with van der Waals surface area (Å²) in [4.78, 5) is 24.4. The Morgan fingerprint density at radius 2 is 1.74 bits per heavy atom. The lowest BCUT2D eigenvalue weighted by Crippen LogP contribution is -2.38. The number of esters is 1. The molecule has 1 N–H and O–H groups in total. The maximum atomic E-state index is 13.0. The van der Waals surface area contributed by atoms with Crippen LogP contribution in [-0.4, -0.2) is 39.7 Å². The monoisotopic (exact) mass is 394 g/mol. The molecule has 0 aromatic heterocycles. The van der Waals surface area contributed by atoms with Gasteiger partial charge in [-0.25, -0.2) is 17.6 Å². The molecule has 9 heteroatoms. The number of rotatable bonds is 7. The van der Waals surface area contributed by atoms with Crippen LogP contribution in [0.2, 0.25) is 0 Å². The van der Waals surface area contributed by atoms with E-state index in [0.29, 0.717) is 5.69 Å². The van der Waals surface area contributed by atoms with Crippen LogP contribution < -0.4 is 9.62 Å². The number of hydrogen-bond donors (Lipinski definition) is 1. The van der Waals surface area contributed by atoms with Crippen molar-refractivity contribution < 1.29 is 27.1 Å². The Labute approximate surface area is 156 Å². The zero-order valence-corrected chi connectivity index (χ0v) is 15.6. The number of halogens is 1. The second kappa shape index (κ2) is 8.63. The molecule has 0 fully saturated rings. The van der Waals surface area contributed by atoms with E-state index >= 15 is 0 Å². The van der Waals surface area contributed by atoms with Crippen molar-refractivity contribution >= 4 is 33.3 Å². The first-order valence-electron chi connectivity index (χ1n) is 8.01. The Balaban J connectivity index is 2.30. The number of carbonyl (C=O) groups excluding carboxylic acids is 2. The van der Waals surface area contributed by atoms with Gasteiger partial charge in [0.05, 0.1) is 24.1 Å². The highest BCUT2D eigenvalue weighted by atomic mass is 32.2. The first-order valence-corrected chi connectivity index (χ1v) is 9.86. The van der Waals surface area contributed by atoms with E-state index in [2.05, 4.69) is 5.32 Å². The summed E-state index contributed by atoms with van der Waals surface area (Å²) in [6.07, 6.45) is 0.931. The quantitative estimate of drug-likeness (QED) is 0.728. The molecule has 0 bridgehead atoms.